The zero-order valence-electron chi connectivity index (χ0n) is 15.7. The molecule has 2 aromatic carbocycles. The summed E-state index contributed by atoms with van der Waals surface area (Å²) in [6.45, 7) is 4.43. The lowest BCUT2D eigenvalue weighted by Gasteiger charge is -2.19. The van der Waals surface area contributed by atoms with Gasteiger partial charge in [0.1, 0.15) is 0 Å². The van der Waals surface area contributed by atoms with Crippen molar-refractivity contribution in [1.29, 1.82) is 0 Å². The van der Waals surface area contributed by atoms with Crippen molar-refractivity contribution in [3.8, 4) is 0 Å². The summed E-state index contributed by atoms with van der Waals surface area (Å²) in [4.78, 5) is 26.2. The predicted octanol–water partition coefficient (Wildman–Crippen LogP) is 2.67. The summed E-state index contributed by atoms with van der Waals surface area (Å²) < 4.78 is 5.54. The third kappa shape index (κ3) is 3.30. The second-order valence-corrected chi connectivity index (χ2v) is 7.96. The van der Waals surface area contributed by atoms with Crippen molar-refractivity contribution in [3.05, 3.63) is 52.5 Å². The van der Waals surface area contributed by atoms with Gasteiger partial charge < -0.3 is 19.9 Å². The minimum atomic E-state index is -1.03. The molecule has 144 valence electrons. The number of anilines is 2. The van der Waals surface area contributed by atoms with Crippen LogP contribution in [0.3, 0.4) is 0 Å². The first-order valence-corrected chi connectivity index (χ1v) is 9.55. The molecule has 0 radical (unpaired) electrons. The maximum absolute atomic E-state index is 12.7. The third-order valence-electron chi connectivity index (χ3n) is 5.21. The second-order valence-electron chi connectivity index (χ2n) is 7.55. The normalized spacial score (nSPS) is 17.8. The molecule has 2 amide bonds. The molecule has 2 aromatic rings. The number of halogens is 1. The lowest BCUT2D eigenvalue weighted by molar-refractivity contribution is -0.117. The number of hydrogen-bond donors (Lipinski definition) is 2. The van der Waals surface area contributed by atoms with E-state index < -0.39 is 12.7 Å². The summed E-state index contributed by atoms with van der Waals surface area (Å²) in [5.74, 6) is -0.299. The van der Waals surface area contributed by atoms with Gasteiger partial charge >= 0.3 is 7.12 Å². The van der Waals surface area contributed by atoms with E-state index in [1.54, 1.807) is 35.2 Å². The summed E-state index contributed by atoms with van der Waals surface area (Å²) in [5.41, 5.74) is 2.49. The van der Waals surface area contributed by atoms with Gasteiger partial charge in [-0.05, 0) is 61.6 Å². The summed E-state index contributed by atoms with van der Waals surface area (Å²) in [5, 5.41) is 13.2. The molecule has 2 N–H and O–H groups in total. The molecule has 0 saturated carbocycles. The molecule has 0 aromatic heterocycles. The average molecular weight is 399 g/mol. The highest BCUT2D eigenvalue weighted by Gasteiger charge is 2.40. The quantitative estimate of drug-likeness (QED) is 0.779. The molecule has 2 heterocycles. The highest BCUT2D eigenvalue weighted by molar-refractivity contribution is 6.62. The molecule has 1 fully saturated rings. The van der Waals surface area contributed by atoms with Gasteiger partial charge in [0.2, 0.25) is 5.91 Å². The van der Waals surface area contributed by atoms with Crippen LogP contribution >= 0.6 is 11.6 Å². The third-order valence-corrected chi connectivity index (χ3v) is 5.53. The monoisotopic (exact) mass is 398 g/mol. The van der Waals surface area contributed by atoms with Gasteiger partial charge in [0.25, 0.3) is 5.91 Å². The number of carbonyl (C=O) groups excluding carboxylic acids is 2. The molecule has 8 heteroatoms. The van der Waals surface area contributed by atoms with Crippen LogP contribution in [0.25, 0.3) is 0 Å². The Kier molecular flexibility index (Phi) is 4.69. The lowest BCUT2D eigenvalue weighted by Crippen LogP contribution is -2.29. The van der Waals surface area contributed by atoms with Crippen LogP contribution in [0.2, 0.25) is 5.02 Å². The smallest absolute Gasteiger partial charge is 0.423 e. The van der Waals surface area contributed by atoms with E-state index in [1.807, 2.05) is 19.9 Å². The van der Waals surface area contributed by atoms with E-state index in [2.05, 4.69) is 5.32 Å². The number of benzene rings is 2. The fourth-order valence-corrected chi connectivity index (χ4v) is 4.04. The van der Waals surface area contributed by atoms with E-state index in [9.17, 15) is 14.6 Å². The largest absolute Gasteiger partial charge is 0.492 e. The highest BCUT2D eigenvalue weighted by atomic mass is 35.5. The SMILES string of the molecule is CC1(C)OB(O)c2cc(NC(=O)c3ccc(N4CCCC4=O)cc3Cl)ccc21. The molecule has 0 unspecified atom stereocenters. The van der Waals surface area contributed by atoms with Crippen molar-refractivity contribution in [2.24, 2.45) is 0 Å². The van der Waals surface area contributed by atoms with Gasteiger partial charge in [-0.25, -0.2) is 0 Å². The molecule has 0 aliphatic carbocycles. The van der Waals surface area contributed by atoms with Gasteiger partial charge in [0.05, 0.1) is 16.2 Å². The van der Waals surface area contributed by atoms with E-state index in [-0.39, 0.29) is 16.8 Å². The molecule has 4 rings (SSSR count). The summed E-state index contributed by atoms with van der Waals surface area (Å²) in [7, 11) is -1.03. The number of hydrogen-bond acceptors (Lipinski definition) is 4. The van der Waals surface area contributed by atoms with E-state index in [0.717, 1.165) is 12.0 Å². The van der Waals surface area contributed by atoms with E-state index in [1.165, 1.54) is 0 Å². The molecule has 0 bridgehead atoms. The van der Waals surface area contributed by atoms with Crippen molar-refractivity contribution in [3.63, 3.8) is 0 Å². The number of nitrogens with zero attached hydrogens (tertiary/aromatic N) is 1. The van der Waals surface area contributed by atoms with Crippen molar-refractivity contribution in [1.82, 2.24) is 0 Å². The van der Waals surface area contributed by atoms with Crippen molar-refractivity contribution in [2.45, 2.75) is 32.3 Å². The number of nitrogens with one attached hydrogen (secondary N) is 1. The van der Waals surface area contributed by atoms with Crippen LogP contribution in [-0.2, 0) is 15.0 Å². The van der Waals surface area contributed by atoms with E-state index in [0.29, 0.717) is 35.4 Å². The number of amides is 2. The fraction of sp³-hybridized carbons (Fsp3) is 0.300. The Morgan fingerprint density at radius 2 is 2.07 bits per heavy atom. The van der Waals surface area contributed by atoms with Gasteiger partial charge in [0, 0.05) is 24.3 Å². The molecular formula is C20H20BClN2O4. The minimum absolute atomic E-state index is 0.0649. The summed E-state index contributed by atoms with van der Waals surface area (Å²) in [6, 6.07) is 10.3. The summed E-state index contributed by atoms with van der Waals surface area (Å²) >= 11 is 6.31. The topological polar surface area (TPSA) is 78.9 Å². The average Bonchev–Trinajstić information content (AvgIpc) is 3.15. The lowest BCUT2D eigenvalue weighted by atomic mass is 9.78. The molecule has 0 spiro atoms. The molecular weight excluding hydrogens is 378 g/mol. The standard InChI is InChI=1S/C20H20BClN2O4/c1-20(2)15-8-5-12(10-16(15)21(27)28-20)23-19(26)14-7-6-13(11-17(14)22)24-9-3-4-18(24)25/h5-8,10-11,27H,3-4,9H2,1-2H3,(H,23,26). The first kappa shape index (κ1) is 19.0. The Bertz CT molecular complexity index is 979. The Labute approximate surface area is 168 Å². The molecule has 2 aliphatic rings. The van der Waals surface area contributed by atoms with E-state index >= 15 is 0 Å². The molecule has 0 atom stereocenters. The number of fused-ring (bicyclic) bond motifs is 1. The predicted molar refractivity (Wildman–Crippen MR) is 109 cm³/mol. The van der Waals surface area contributed by atoms with Crippen LogP contribution in [0.1, 0.15) is 42.6 Å². The molecule has 6 nitrogen and oxygen atoms in total. The van der Waals surface area contributed by atoms with Crippen LogP contribution < -0.4 is 15.7 Å². The van der Waals surface area contributed by atoms with Crippen LogP contribution in [0.5, 0.6) is 0 Å². The molecule has 28 heavy (non-hydrogen) atoms. The Morgan fingerprint density at radius 3 is 2.75 bits per heavy atom. The van der Waals surface area contributed by atoms with Gasteiger partial charge in [-0.3, -0.25) is 9.59 Å². The zero-order chi connectivity index (χ0) is 20.1. The van der Waals surface area contributed by atoms with Crippen molar-refractivity contribution in [2.75, 3.05) is 16.8 Å². The second kappa shape index (κ2) is 6.92. The van der Waals surface area contributed by atoms with Gasteiger partial charge in [-0.15, -0.1) is 0 Å². The summed E-state index contributed by atoms with van der Waals surface area (Å²) in [6.07, 6.45) is 1.36. The van der Waals surface area contributed by atoms with Crippen molar-refractivity contribution >= 4 is 47.4 Å². The van der Waals surface area contributed by atoms with Crippen LogP contribution in [0, 0.1) is 0 Å². The van der Waals surface area contributed by atoms with Crippen molar-refractivity contribution < 1.29 is 19.3 Å². The Hall–Kier alpha value is -2.35. The van der Waals surface area contributed by atoms with Crippen LogP contribution in [-0.4, -0.2) is 30.5 Å². The van der Waals surface area contributed by atoms with Crippen LogP contribution in [0.4, 0.5) is 11.4 Å². The van der Waals surface area contributed by atoms with Gasteiger partial charge in [-0.2, -0.15) is 0 Å². The van der Waals surface area contributed by atoms with Gasteiger partial charge in [0.15, 0.2) is 0 Å². The van der Waals surface area contributed by atoms with Gasteiger partial charge in [-0.1, -0.05) is 17.7 Å². The maximum atomic E-state index is 12.7. The van der Waals surface area contributed by atoms with E-state index in [4.69, 9.17) is 16.3 Å². The first-order chi connectivity index (χ1) is 13.3. The number of carbonyl (C=O) groups is 2. The zero-order valence-corrected chi connectivity index (χ0v) is 16.4. The maximum Gasteiger partial charge on any atom is 0.492 e. The minimum Gasteiger partial charge on any atom is -0.423 e. The first-order valence-electron chi connectivity index (χ1n) is 9.18. The fourth-order valence-electron chi connectivity index (χ4n) is 3.77. The number of rotatable bonds is 3. The molecule has 2 aliphatic heterocycles. The molecule has 1 saturated heterocycles. The Balaban J connectivity index is 1.55. The van der Waals surface area contributed by atoms with Crippen LogP contribution in [0.15, 0.2) is 36.4 Å². The highest BCUT2D eigenvalue weighted by Crippen LogP contribution is 2.31. The Morgan fingerprint density at radius 1 is 1.29 bits per heavy atom.